The third-order valence-corrected chi connectivity index (χ3v) is 4.51. The van der Waals surface area contributed by atoms with Crippen molar-refractivity contribution in [3.05, 3.63) is 72.3 Å². The van der Waals surface area contributed by atoms with Gasteiger partial charge in [0, 0.05) is 18.7 Å². The first-order valence-corrected chi connectivity index (χ1v) is 8.28. The molecule has 4 rings (SSSR count). The number of hydrogen-bond acceptors (Lipinski definition) is 2. The lowest BCUT2D eigenvalue weighted by atomic mass is 9.97. The molecule has 0 N–H and O–H groups in total. The molecular formula is C21H19NO2. The Morgan fingerprint density at radius 1 is 0.875 bits per heavy atom. The minimum Gasteiger partial charge on any atom is -0.378 e. The molecule has 3 aromatic rings. The van der Waals surface area contributed by atoms with Crippen LogP contribution in [0, 0.1) is 0 Å². The molecule has 0 aromatic heterocycles. The fourth-order valence-corrected chi connectivity index (χ4v) is 3.25. The molecule has 1 fully saturated rings. The summed E-state index contributed by atoms with van der Waals surface area (Å²) in [5, 5.41) is 2.41. The topological polar surface area (TPSA) is 29.5 Å². The number of carbonyl (C=O) groups is 1. The van der Waals surface area contributed by atoms with Crippen molar-refractivity contribution in [1.82, 2.24) is 4.90 Å². The standard InChI is InChI=1S/C21H19NO2/c23-21(22-11-13-24-14-12-22)18-8-3-7-17(15-18)20-10-4-6-16-5-1-2-9-19(16)20/h1-10,15H,11-14H2. The van der Waals surface area contributed by atoms with Crippen LogP contribution in [-0.2, 0) is 4.74 Å². The first-order valence-electron chi connectivity index (χ1n) is 8.28. The molecule has 0 atom stereocenters. The predicted octanol–water partition coefficient (Wildman–Crippen LogP) is 3.98. The maximum atomic E-state index is 12.7. The molecule has 120 valence electrons. The summed E-state index contributed by atoms with van der Waals surface area (Å²) in [6.07, 6.45) is 0. The molecule has 3 aromatic carbocycles. The second-order valence-corrected chi connectivity index (χ2v) is 6.01. The molecule has 0 bridgehead atoms. The lowest BCUT2D eigenvalue weighted by molar-refractivity contribution is 0.0303. The summed E-state index contributed by atoms with van der Waals surface area (Å²) >= 11 is 0. The minimum absolute atomic E-state index is 0.0837. The van der Waals surface area contributed by atoms with Gasteiger partial charge in [0.15, 0.2) is 0 Å². The van der Waals surface area contributed by atoms with Crippen LogP contribution in [0.4, 0.5) is 0 Å². The first kappa shape index (κ1) is 14.9. The minimum atomic E-state index is 0.0837. The van der Waals surface area contributed by atoms with Crippen LogP contribution < -0.4 is 0 Å². The van der Waals surface area contributed by atoms with E-state index in [-0.39, 0.29) is 5.91 Å². The molecule has 3 heteroatoms. The highest BCUT2D eigenvalue weighted by molar-refractivity contribution is 5.99. The fraction of sp³-hybridized carbons (Fsp3) is 0.190. The Balaban J connectivity index is 1.73. The van der Waals surface area contributed by atoms with Gasteiger partial charge in [-0.05, 0) is 34.0 Å². The van der Waals surface area contributed by atoms with Crippen molar-refractivity contribution < 1.29 is 9.53 Å². The number of benzene rings is 3. The van der Waals surface area contributed by atoms with Crippen molar-refractivity contribution >= 4 is 16.7 Å². The quantitative estimate of drug-likeness (QED) is 0.715. The summed E-state index contributed by atoms with van der Waals surface area (Å²) < 4.78 is 5.33. The third kappa shape index (κ3) is 2.79. The molecule has 3 nitrogen and oxygen atoms in total. The fourth-order valence-electron chi connectivity index (χ4n) is 3.25. The molecule has 1 amide bonds. The van der Waals surface area contributed by atoms with Crippen molar-refractivity contribution in [1.29, 1.82) is 0 Å². The van der Waals surface area contributed by atoms with Gasteiger partial charge in [0.1, 0.15) is 0 Å². The van der Waals surface area contributed by atoms with Gasteiger partial charge in [-0.3, -0.25) is 4.79 Å². The van der Waals surface area contributed by atoms with Crippen molar-refractivity contribution in [3.63, 3.8) is 0 Å². The number of rotatable bonds is 2. The van der Waals surface area contributed by atoms with Gasteiger partial charge >= 0.3 is 0 Å². The van der Waals surface area contributed by atoms with E-state index in [4.69, 9.17) is 4.74 Å². The Morgan fingerprint density at radius 3 is 2.50 bits per heavy atom. The molecule has 1 aliphatic rings. The van der Waals surface area contributed by atoms with Gasteiger partial charge in [-0.15, -0.1) is 0 Å². The van der Waals surface area contributed by atoms with Crippen LogP contribution in [0.1, 0.15) is 10.4 Å². The Bertz CT molecular complexity index is 876. The Kier molecular flexibility index (Phi) is 4.01. The van der Waals surface area contributed by atoms with Crippen LogP contribution >= 0.6 is 0 Å². The van der Waals surface area contributed by atoms with Crippen LogP contribution in [0.2, 0.25) is 0 Å². The Morgan fingerprint density at radius 2 is 1.62 bits per heavy atom. The van der Waals surface area contributed by atoms with E-state index in [2.05, 4.69) is 42.5 Å². The van der Waals surface area contributed by atoms with Gasteiger partial charge in [0.25, 0.3) is 5.91 Å². The Hall–Kier alpha value is -2.65. The highest BCUT2D eigenvalue weighted by Crippen LogP contribution is 2.29. The van der Waals surface area contributed by atoms with E-state index in [1.54, 1.807) is 0 Å². The predicted molar refractivity (Wildman–Crippen MR) is 96.1 cm³/mol. The molecule has 0 aliphatic carbocycles. The van der Waals surface area contributed by atoms with Crippen LogP contribution in [0.3, 0.4) is 0 Å². The molecule has 1 aliphatic heterocycles. The van der Waals surface area contributed by atoms with Gasteiger partial charge in [-0.1, -0.05) is 54.6 Å². The number of fused-ring (bicyclic) bond motifs is 1. The van der Waals surface area contributed by atoms with Gasteiger partial charge in [-0.2, -0.15) is 0 Å². The molecular weight excluding hydrogens is 298 g/mol. The molecule has 0 unspecified atom stereocenters. The van der Waals surface area contributed by atoms with Crippen molar-refractivity contribution in [2.24, 2.45) is 0 Å². The maximum absolute atomic E-state index is 12.7. The maximum Gasteiger partial charge on any atom is 0.254 e. The SMILES string of the molecule is O=C(c1cccc(-c2cccc3ccccc23)c1)N1CCOCC1. The summed E-state index contributed by atoms with van der Waals surface area (Å²) in [5.41, 5.74) is 2.97. The molecule has 0 radical (unpaired) electrons. The zero-order valence-electron chi connectivity index (χ0n) is 13.4. The van der Waals surface area contributed by atoms with Gasteiger partial charge in [-0.25, -0.2) is 0 Å². The van der Waals surface area contributed by atoms with Crippen LogP contribution in [0.15, 0.2) is 66.7 Å². The lowest BCUT2D eigenvalue weighted by Crippen LogP contribution is -2.40. The second-order valence-electron chi connectivity index (χ2n) is 6.01. The largest absolute Gasteiger partial charge is 0.378 e. The molecule has 0 saturated carbocycles. The van der Waals surface area contributed by atoms with E-state index in [0.29, 0.717) is 26.3 Å². The summed E-state index contributed by atoms with van der Waals surface area (Å²) in [6, 6.07) is 22.5. The number of carbonyl (C=O) groups excluding carboxylic acids is 1. The lowest BCUT2D eigenvalue weighted by Gasteiger charge is -2.27. The van der Waals surface area contributed by atoms with Crippen molar-refractivity contribution in [3.8, 4) is 11.1 Å². The zero-order valence-corrected chi connectivity index (χ0v) is 13.4. The normalized spacial score (nSPS) is 14.8. The number of hydrogen-bond donors (Lipinski definition) is 0. The number of amides is 1. The average Bonchev–Trinajstić information content (AvgIpc) is 2.68. The van der Waals surface area contributed by atoms with Gasteiger partial charge in [0.2, 0.25) is 0 Å². The highest BCUT2D eigenvalue weighted by Gasteiger charge is 2.18. The van der Waals surface area contributed by atoms with E-state index in [1.165, 1.54) is 10.8 Å². The van der Waals surface area contributed by atoms with E-state index in [0.717, 1.165) is 16.7 Å². The van der Waals surface area contributed by atoms with Crippen molar-refractivity contribution in [2.45, 2.75) is 0 Å². The summed E-state index contributed by atoms with van der Waals surface area (Å²) in [6.45, 7) is 2.57. The van der Waals surface area contributed by atoms with E-state index >= 15 is 0 Å². The van der Waals surface area contributed by atoms with Crippen molar-refractivity contribution in [2.75, 3.05) is 26.3 Å². The van der Waals surface area contributed by atoms with Gasteiger partial charge in [0.05, 0.1) is 13.2 Å². The first-order chi connectivity index (χ1) is 11.8. The summed E-state index contributed by atoms with van der Waals surface area (Å²) in [4.78, 5) is 14.6. The van der Waals surface area contributed by atoms with E-state index in [9.17, 15) is 4.79 Å². The molecule has 1 heterocycles. The van der Waals surface area contributed by atoms with E-state index < -0.39 is 0 Å². The highest BCUT2D eigenvalue weighted by atomic mass is 16.5. The molecule has 24 heavy (non-hydrogen) atoms. The van der Waals surface area contributed by atoms with Gasteiger partial charge < -0.3 is 9.64 Å². The number of morpholine rings is 1. The number of nitrogens with zero attached hydrogens (tertiary/aromatic N) is 1. The van der Waals surface area contributed by atoms with Crippen LogP contribution in [0.25, 0.3) is 21.9 Å². The number of ether oxygens (including phenoxy) is 1. The van der Waals surface area contributed by atoms with Crippen LogP contribution in [0.5, 0.6) is 0 Å². The van der Waals surface area contributed by atoms with E-state index in [1.807, 2.05) is 29.2 Å². The molecule has 0 spiro atoms. The Labute approximate surface area is 141 Å². The smallest absolute Gasteiger partial charge is 0.254 e. The zero-order chi connectivity index (χ0) is 16.4. The summed E-state index contributed by atoms with van der Waals surface area (Å²) in [5.74, 6) is 0.0837. The van der Waals surface area contributed by atoms with Crippen LogP contribution in [-0.4, -0.2) is 37.1 Å². The monoisotopic (exact) mass is 317 g/mol. The average molecular weight is 317 g/mol. The molecule has 1 saturated heterocycles. The summed E-state index contributed by atoms with van der Waals surface area (Å²) in [7, 11) is 0. The third-order valence-electron chi connectivity index (χ3n) is 4.51. The second kappa shape index (κ2) is 6.46.